The van der Waals surface area contributed by atoms with Gasteiger partial charge in [-0.3, -0.25) is 0 Å². The van der Waals surface area contributed by atoms with Crippen molar-refractivity contribution in [2.45, 2.75) is 32.4 Å². The summed E-state index contributed by atoms with van der Waals surface area (Å²) in [5, 5.41) is 3.32. The molecule has 0 aromatic heterocycles. The zero-order valence-corrected chi connectivity index (χ0v) is 10.5. The number of nitrogens with one attached hydrogen (secondary N) is 1. The van der Waals surface area contributed by atoms with Crippen molar-refractivity contribution in [2.24, 2.45) is 11.3 Å². The summed E-state index contributed by atoms with van der Waals surface area (Å²) in [5.74, 6) is -1.14. The smallest absolute Gasteiger partial charge is 0.160 e. The van der Waals surface area contributed by atoms with Gasteiger partial charge in [0, 0.05) is 35.7 Å². The molecule has 3 rings (SSSR count). The third-order valence-electron chi connectivity index (χ3n) is 4.34. The van der Waals surface area contributed by atoms with Gasteiger partial charge in [0.15, 0.2) is 11.6 Å². The van der Waals surface area contributed by atoms with Crippen LogP contribution >= 0.6 is 0 Å². The van der Waals surface area contributed by atoms with E-state index in [2.05, 4.69) is 19.2 Å². The maximum Gasteiger partial charge on any atom is 0.160 e. The van der Waals surface area contributed by atoms with Gasteiger partial charge in [-0.05, 0) is 18.6 Å². The van der Waals surface area contributed by atoms with Gasteiger partial charge in [-0.15, -0.1) is 0 Å². The first-order valence-electron chi connectivity index (χ1n) is 6.33. The summed E-state index contributed by atoms with van der Waals surface area (Å²) in [4.78, 5) is 0. The fourth-order valence-corrected chi connectivity index (χ4v) is 3.38. The van der Waals surface area contributed by atoms with Crippen LogP contribution in [0.5, 0.6) is 0 Å². The van der Waals surface area contributed by atoms with Crippen LogP contribution in [-0.2, 0) is 4.74 Å². The van der Waals surface area contributed by atoms with E-state index >= 15 is 0 Å². The summed E-state index contributed by atoms with van der Waals surface area (Å²) in [6, 6.07) is 4.22. The second kappa shape index (κ2) is 3.92. The Bertz CT molecular complexity index is 475. The molecule has 1 heterocycles. The molecule has 3 atom stereocenters. The van der Waals surface area contributed by atoms with Crippen molar-refractivity contribution in [3.63, 3.8) is 0 Å². The minimum absolute atomic E-state index is 0.0338. The van der Waals surface area contributed by atoms with Gasteiger partial charge in [-0.25, -0.2) is 8.78 Å². The van der Waals surface area contributed by atoms with E-state index < -0.39 is 11.6 Å². The van der Waals surface area contributed by atoms with Gasteiger partial charge in [0.2, 0.25) is 0 Å². The molecule has 0 spiro atoms. The molecule has 1 aromatic carbocycles. The maximum atomic E-state index is 13.2. The molecule has 0 amide bonds. The minimum Gasteiger partial charge on any atom is -0.381 e. The van der Waals surface area contributed by atoms with E-state index in [1.54, 1.807) is 6.07 Å². The van der Waals surface area contributed by atoms with E-state index in [-0.39, 0.29) is 11.5 Å². The van der Waals surface area contributed by atoms with Crippen molar-refractivity contribution in [1.29, 1.82) is 0 Å². The minimum atomic E-state index is -0.810. The molecule has 2 nitrogen and oxygen atoms in total. The third-order valence-corrected chi connectivity index (χ3v) is 4.34. The van der Waals surface area contributed by atoms with Gasteiger partial charge in [-0.1, -0.05) is 13.8 Å². The van der Waals surface area contributed by atoms with Gasteiger partial charge >= 0.3 is 0 Å². The molecule has 3 unspecified atom stereocenters. The number of ether oxygens (including phenoxy) is 1. The molecule has 2 aliphatic rings. The number of anilines is 1. The number of rotatable bonds is 2. The first-order chi connectivity index (χ1) is 8.50. The van der Waals surface area contributed by atoms with Crippen LogP contribution in [0.2, 0.25) is 0 Å². The molecular weight excluding hydrogens is 236 g/mol. The molecule has 2 fully saturated rings. The van der Waals surface area contributed by atoms with E-state index in [0.717, 1.165) is 19.1 Å². The van der Waals surface area contributed by atoms with Crippen LogP contribution in [0.3, 0.4) is 0 Å². The molecule has 0 radical (unpaired) electrons. The zero-order valence-electron chi connectivity index (χ0n) is 10.5. The largest absolute Gasteiger partial charge is 0.381 e. The van der Waals surface area contributed by atoms with Gasteiger partial charge in [0.1, 0.15) is 0 Å². The van der Waals surface area contributed by atoms with Crippen molar-refractivity contribution < 1.29 is 13.5 Å². The summed E-state index contributed by atoms with van der Waals surface area (Å²) in [6.07, 6.45) is 1.33. The van der Waals surface area contributed by atoms with Crippen LogP contribution in [0.25, 0.3) is 0 Å². The lowest BCUT2D eigenvalue weighted by molar-refractivity contribution is -0.0923. The van der Waals surface area contributed by atoms with Crippen LogP contribution in [0, 0.1) is 23.0 Å². The Balaban J connectivity index is 1.78. The second-order valence-corrected chi connectivity index (χ2v) is 5.82. The number of hydrogen-bond donors (Lipinski definition) is 1. The Morgan fingerprint density at radius 3 is 2.78 bits per heavy atom. The van der Waals surface area contributed by atoms with Gasteiger partial charge in [-0.2, -0.15) is 0 Å². The Kier molecular flexibility index (Phi) is 2.59. The normalized spacial score (nSPS) is 32.8. The Labute approximate surface area is 105 Å². The van der Waals surface area contributed by atoms with Crippen molar-refractivity contribution in [3.05, 3.63) is 29.8 Å². The van der Waals surface area contributed by atoms with Crippen LogP contribution in [0.4, 0.5) is 14.5 Å². The monoisotopic (exact) mass is 253 g/mol. The lowest BCUT2D eigenvalue weighted by atomic mass is 9.57. The molecule has 1 aliphatic carbocycles. The van der Waals surface area contributed by atoms with Crippen LogP contribution in [-0.4, -0.2) is 18.8 Å². The quantitative estimate of drug-likeness (QED) is 0.874. The van der Waals surface area contributed by atoms with E-state index in [1.165, 1.54) is 6.07 Å². The average Bonchev–Trinajstić information content (AvgIpc) is 2.77. The van der Waals surface area contributed by atoms with Crippen molar-refractivity contribution >= 4 is 5.69 Å². The summed E-state index contributed by atoms with van der Waals surface area (Å²) in [6.45, 7) is 5.10. The molecule has 1 saturated carbocycles. The highest BCUT2D eigenvalue weighted by Crippen LogP contribution is 2.53. The first-order valence-corrected chi connectivity index (χ1v) is 6.33. The van der Waals surface area contributed by atoms with Crippen LogP contribution in [0.15, 0.2) is 18.2 Å². The predicted octanol–water partition coefficient (Wildman–Crippen LogP) is 3.19. The van der Waals surface area contributed by atoms with E-state index in [4.69, 9.17) is 4.74 Å². The fraction of sp³-hybridized carbons (Fsp3) is 0.571. The third kappa shape index (κ3) is 1.62. The first kappa shape index (κ1) is 11.9. The standard InChI is InChI=1S/C14H17F2NO/c1-14(2)12(9-5-6-18-13(9)14)17-8-3-4-10(15)11(16)7-8/h3-4,7,9,12-13,17H,5-6H2,1-2H3. The van der Waals surface area contributed by atoms with Crippen molar-refractivity contribution in [3.8, 4) is 0 Å². The highest BCUT2D eigenvalue weighted by molar-refractivity contribution is 5.46. The molecule has 1 aliphatic heterocycles. The molecule has 18 heavy (non-hydrogen) atoms. The van der Waals surface area contributed by atoms with Crippen molar-refractivity contribution in [2.75, 3.05) is 11.9 Å². The average molecular weight is 253 g/mol. The summed E-state index contributed by atoms with van der Waals surface area (Å²) in [7, 11) is 0. The highest BCUT2D eigenvalue weighted by Gasteiger charge is 2.59. The fourth-order valence-electron chi connectivity index (χ4n) is 3.38. The van der Waals surface area contributed by atoms with Gasteiger partial charge in [0.05, 0.1) is 6.10 Å². The number of hydrogen-bond acceptors (Lipinski definition) is 2. The van der Waals surface area contributed by atoms with Crippen molar-refractivity contribution in [1.82, 2.24) is 0 Å². The highest BCUT2D eigenvalue weighted by atomic mass is 19.2. The summed E-state index contributed by atoms with van der Waals surface area (Å²) in [5.41, 5.74) is 0.670. The second-order valence-electron chi connectivity index (χ2n) is 5.82. The molecule has 1 saturated heterocycles. The van der Waals surface area contributed by atoms with E-state index in [9.17, 15) is 8.78 Å². The molecule has 4 heteroatoms. The van der Waals surface area contributed by atoms with Gasteiger partial charge in [0.25, 0.3) is 0 Å². The summed E-state index contributed by atoms with van der Waals surface area (Å²) < 4.78 is 31.8. The van der Waals surface area contributed by atoms with Gasteiger partial charge < -0.3 is 10.1 Å². The zero-order chi connectivity index (χ0) is 12.9. The van der Waals surface area contributed by atoms with E-state index in [1.807, 2.05) is 0 Å². The Hall–Kier alpha value is -1.16. The maximum absolute atomic E-state index is 13.2. The molecular formula is C14H17F2NO. The molecule has 98 valence electrons. The molecule has 1 aromatic rings. The molecule has 0 bridgehead atoms. The Morgan fingerprint density at radius 1 is 1.28 bits per heavy atom. The van der Waals surface area contributed by atoms with Crippen LogP contribution < -0.4 is 5.32 Å². The predicted molar refractivity (Wildman–Crippen MR) is 65.4 cm³/mol. The number of fused-ring (bicyclic) bond motifs is 1. The Morgan fingerprint density at radius 2 is 2.06 bits per heavy atom. The lowest BCUT2D eigenvalue weighted by Crippen LogP contribution is -2.63. The topological polar surface area (TPSA) is 21.3 Å². The lowest BCUT2D eigenvalue weighted by Gasteiger charge is -2.55. The summed E-state index contributed by atoms with van der Waals surface area (Å²) >= 11 is 0. The number of halogens is 2. The molecule has 1 N–H and O–H groups in total. The SMILES string of the molecule is CC1(C)C(Nc2ccc(F)c(F)c2)C2CCOC21. The number of benzene rings is 1. The van der Waals surface area contributed by atoms with Crippen LogP contribution in [0.1, 0.15) is 20.3 Å². The van der Waals surface area contributed by atoms with E-state index in [0.29, 0.717) is 17.7 Å².